The van der Waals surface area contributed by atoms with Crippen molar-refractivity contribution in [2.45, 2.75) is 20.3 Å². The zero-order valence-electron chi connectivity index (χ0n) is 16.1. The minimum atomic E-state index is 0.0655. The van der Waals surface area contributed by atoms with Crippen LogP contribution in [0.2, 0.25) is 0 Å². The Morgan fingerprint density at radius 2 is 1.81 bits per heavy atom. The van der Waals surface area contributed by atoms with E-state index in [0.717, 1.165) is 43.0 Å². The number of anilines is 1. The van der Waals surface area contributed by atoms with Crippen LogP contribution in [0.25, 0.3) is 10.9 Å². The molecule has 0 atom stereocenters. The van der Waals surface area contributed by atoms with Crippen molar-refractivity contribution in [2.24, 2.45) is 7.05 Å². The Kier molecular flexibility index (Phi) is 4.56. The van der Waals surface area contributed by atoms with Gasteiger partial charge in [-0.2, -0.15) is 5.10 Å². The largest absolute Gasteiger partial charge is 0.369 e. The SMILES string of the molecule is Cc1cc(N2CCCN(C(=O)c3cc(C)nn3C)CC2)c2ccccc2n1. The fraction of sp³-hybridized carbons (Fsp3) is 0.381. The first-order chi connectivity index (χ1) is 13.0. The lowest BCUT2D eigenvalue weighted by Crippen LogP contribution is -2.36. The molecule has 1 fully saturated rings. The van der Waals surface area contributed by atoms with Crippen LogP contribution in [-0.2, 0) is 7.05 Å². The number of hydrogen-bond donors (Lipinski definition) is 0. The first-order valence-electron chi connectivity index (χ1n) is 9.44. The summed E-state index contributed by atoms with van der Waals surface area (Å²) in [5, 5.41) is 5.48. The van der Waals surface area contributed by atoms with Crippen molar-refractivity contribution in [3.63, 3.8) is 0 Å². The van der Waals surface area contributed by atoms with Gasteiger partial charge in [0.25, 0.3) is 5.91 Å². The molecule has 6 heteroatoms. The molecular formula is C21H25N5O. The van der Waals surface area contributed by atoms with Crippen molar-refractivity contribution < 1.29 is 4.79 Å². The number of para-hydroxylation sites is 1. The summed E-state index contributed by atoms with van der Waals surface area (Å²) in [6.07, 6.45) is 0.943. The summed E-state index contributed by atoms with van der Waals surface area (Å²) in [6.45, 7) is 7.17. The first kappa shape index (κ1) is 17.5. The maximum Gasteiger partial charge on any atom is 0.272 e. The molecule has 1 aromatic carbocycles. The Hall–Kier alpha value is -2.89. The molecule has 6 nitrogen and oxygen atoms in total. The Balaban J connectivity index is 1.57. The third-order valence-electron chi connectivity index (χ3n) is 5.17. The monoisotopic (exact) mass is 363 g/mol. The molecule has 4 rings (SSSR count). The minimum Gasteiger partial charge on any atom is -0.369 e. The van der Waals surface area contributed by atoms with Crippen LogP contribution in [0.4, 0.5) is 5.69 Å². The van der Waals surface area contributed by atoms with Gasteiger partial charge in [-0.15, -0.1) is 0 Å². The topological polar surface area (TPSA) is 54.3 Å². The van der Waals surface area contributed by atoms with E-state index >= 15 is 0 Å². The van der Waals surface area contributed by atoms with Crippen molar-refractivity contribution in [1.82, 2.24) is 19.7 Å². The predicted octanol–water partition coefficient (Wildman–Crippen LogP) is 2.94. The van der Waals surface area contributed by atoms with Crippen molar-refractivity contribution in [3.05, 3.63) is 53.5 Å². The number of aryl methyl sites for hydroxylation is 3. The van der Waals surface area contributed by atoms with Crippen molar-refractivity contribution >= 4 is 22.5 Å². The molecule has 1 aliphatic heterocycles. The van der Waals surface area contributed by atoms with E-state index in [1.807, 2.05) is 37.9 Å². The van der Waals surface area contributed by atoms with Crippen LogP contribution < -0.4 is 4.90 Å². The van der Waals surface area contributed by atoms with Crippen LogP contribution >= 0.6 is 0 Å². The molecule has 3 heterocycles. The number of pyridine rings is 1. The molecule has 0 aliphatic carbocycles. The summed E-state index contributed by atoms with van der Waals surface area (Å²) >= 11 is 0. The Labute approximate surface area is 159 Å². The smallest absolute Gasteiger partial charge is 0.272 e. The van der Waals surface area contributed by atoms with Gasteiger partial charge in [0.15, 0.2) is 0 Å². The highest BCUT2D eigenvalue weighted by molar-refractivity contribution is 5.93. The van der Waals surface area contributed by atoms with Crippen LogP contribution in [0.1, 0.15) is 28.3 Å². The molecule has 27 heavy (non-hydrogen) atoms. The quantitative estimate of drug-likeness (QED) is 0.702. The van der Waals surface area contributed by atoms with E-state index in [1.54, 1.807) is 4.68 Å². The molecule has 0 bridgehead atoms. The molecule has 2 aromatic heterocycles. The number of carbonyl (C=O) groups excluding carboxylic acids is 1. The van der Waals surface area contributed by atoms with Gasteiger partial charge in [0.05, 0.1) is 11.2 Å². The van der Waals surface area contributed by atoms with E-state index in [1.165, 1.54) is 11.1 Å². The lowest BCUT2D eigenvalue weighted by atomic mass is 10.1. The third kappa shape index (κ3) is 3.39. The van der Waals surface area contributed by atoms with Crippen LogP contribution in [0.5, 0.6) is 0 Å². The average molecular weight is 363 g/mol. The number of rotatable bonds is 2. The normalized spacial score (nSPS) is 15.2. The number of nitrogens with zero attached hydrogens (tertiary/aromatic N) is 5. The standard InChI is InChI=1S/C21H25N5O/c1-15-13-19(17-7-4-5-8-18(17)22-15)25-9-6-10-26(12-11-25)21(27)20-14-16(2)23-24(20)3/h4-5,7-8,13-14H,6,9-12H2,1-3H3. The van der Waals surface area contributed by atoms with Crippen LogP contribution in [0.3, 0.4) is 0 Å². The Morgan fingerprint density at radius 3 is 2.59 bits per heavy atom. The number of carbonyl (C=O) groups is 1. The molecule has 0 spiro atoms. The van der Waals surface area contributed by atoms with Gasteiger partial charge in [0.1, 0.15) is 5.69 Å². The van der Waals surface area contributed by atoms with Gasteiger partial charge < -0.3 is 9.80 Å². The Bertz CT molecular complexity index is 993. The lowest BCUT2D eigenvalue weighted by molar-refractivity contribution is 0.0756. The second kappa shape index (κ2) is 7.02. The molecule has 0 N–H and O–H groups in total. The molecular weight excluding hydrogens is 338 g/mol. The highest BCUT2D eigenvalue weighted by Crippen LogP contribution is 2.27. The fourth-order valence-corrected chi connectivity index (χ4v) is 3.88. The van der Waals surface area contributed by atoms with Crippen molar-refractivity contribution in [2.75, 3.05) is 31.1 Å². The maximum absolute atomic E-state index is 12.9. The van der Waals surface area contributed by atoms with Gasteiger partial charge in [-0.1, -0.05) is 18.2 Å². The van der Waals surface area contributed by atoms with Crippen LogP contribution in [0.15, 0.2) is 36.4 Å². The maximum atomic E-state index is 12.9. The summed E-state index contributed by atoms with van der Waals surface area (Å²) in [7, 11) is 1.83. The summed E-state index contributed by atoms with van der Waals surface area (Å²) in [4.78, 5) is 21.9. The fourth-order valence-electron chi connectivity index (χ4n) is 3.88. The van der Waals surface area contributed by atoms with E-state index in [9.17, 15) is 4.79 Å². The summed E-state index contributed by atoms with van der Waals surface area (Å²) < 4.78 is 1.68. The summed E-state index contributed by atoms with van der Waals surface area (Å²) in [5.74, 6) is 0.0655. The van der Waals surface area contributed by atoms with E-state index in [2.05, 4.69) is 39.2 Å². The summed E-state index contributed by atoms with van der Waals surface area (Å²) in [5.41, 5.74) is 4.78. The average Bonchev–Trinajstić information content (AvgIpc) is 2.84. The summed E-state index contributed by atoms with van der Waals surface area (Å²) in [6, 6.07) is 12.3. The van der Waals surface area contributed by atoms with Gasteiger partial charge >= 0.3 is 0 Å². The highest BCUT2D eigenvalue weighted by atomic mass is 16.2. The molecule has 1 saturated heterocycles. The molecule has 1 amide bonds. The van der Waals surface area contributed by atoms with Gasteiger partial charge in [0.2, 0.25) is 0 Å². The molecule has 0 radical (unpaired) electrons. The van der Waals surface area contributed by atoms with Crippen molar-refractivity contribution in [1.29, 1.82) is 0 Å². The number of amides is 1. The van der Waals surface area contributed by atoms with E-state index in [0.29, 0.717) is 12.2 Å². The molecule has 0 unspecified atom stereocenters. The minimum absolute atomic E-state index is 0.0655. The van der Waals surface area contributed by atoms with E-state index in [4.69, 9.17) is 0 Å². The molecule has 0 saturated carbocycles. The zero-order valence-corrected chi connectivity index (χ0v) is 16.1. The van der Waals surface area contributed by atoms with Crippen LogP contribution in [-0.4, -0.2) is 51.8 Å². The molecule has 3 aromatic rings. The van der Waals surface area contributed by atoms with Crippen molar-refractivity contribution in [3.8, 4) is 0 Å². The van der Waals surface area contributed by atoms with Gasteiger partial charge in [-0.3, -0.25) is 14.5 Å². The number of hydrogen-bond acceptors (Lipinski definition) is 4. The predicted molar refractivity (Wildman–Crippen MR) is 107 cm³/mol. The highest BCUT2D eigenvalue weighted by Gasteiger charge is 2.23. The van der Waals surface area contributed by atoms with E-state index in [-0.39, 0.29) is 5.91 Å². The molecule has 140 valence electrons. The second-order valence-electron chi connectivity index (χ2n) is 7.23. The molecule has 1 aliphatic rings. The van der Waals surface area contributed by atoms with Gasteiger partial charge in [0, 0.05) is 50.0 Å². The number of aromatic nitrogens is 3. The number of benzene rings is 1. The number of fused-ring (bicyclic) bond motifs is 1. The Morgan fingerprint density at radius 1 is 1.00 bits per heavy atom. The van der Waals surface area contributed by atoms with Gasteiger partial charge in [-0.25, -0.2) is 0 Å². The van der Waals surface area contributed by atoms with Gasteiger partial charge in [-0.05, 0) is 38.5 Å². The third-order valence-corrected chi connectivity index (χ3v) is 5.17. The van der Waals surface area contributed by atoms with Crippen LogP contribution in [0, 0.1) is 13.8 Å². The lowest BCUT2D eigenvalue weighted by Gasteiger charge is -2.25. The zero-order chi connectivity index (χ0) is 19.0. The first-order valence-corrected chi connectivity index (χ1v) is 9.44. The van der Waals surface area contributed by atoms with E-state index < -0.39 is 0 Å². The second-order valence-corrected chi connectivity index (χ2v) is 7.23.